The van der Waals surface area contributed by atoms with Crippen LogP contribution in [0.4, 0.5) is 0 Å². The van der Waals surface area contributed by atoms with E-state index >= 15 is 0 Å². The molecule has 39 heavy (non-hydrogen) atoms. The minimum Gasteiger partial charge on any atom is -0.475 e. The first-order valence-corrected chi connectivity index (χ1v) is 13.2. The highest BCUT2D eigenvalue weighted by Gasteiger charge is 2.17. The maximum atomic E-state index is 13.2. The molecule has 1 atom stereocenters. The summed E-state index contributed by atoms with van der Waals surface area (Å²) in [7, 11) is 0. The number of hydrogen-bond donors (Lipinski definition) is 2. The largest absolute Gasteiger partial charge is 0.475 e. The minimum atomic E-state index is -1.25. The van der Waals surface area contributed by atoms with Crippen LogP contribution in [0, 0.1) is 13.8 Å². The van der Waals surface area contributed by atoms with Crippen molar-refractivity contribution in [2.45, 2.75) is 53.1 Å². The molecule has 2 N–H and O–H groups in total. The highest BCUT2D eigenvalue weighted by atomic mass is 35.5. The van der Waals surface area contributed by atoms with Crippen molar-refractivity contribution in [1.29, 1.82) is 0 Å². The monoisotopic (exact) mass is 544 g/mol. The smallest absolute Gasteiger partial charge is 0.371 e. The van der Waals surface area contributed by atoms with Crippen molar-refractivity contribution in [2.75, 3.05) is 0 Å². The van der Waals surface area contributed by atoms with Gasteiger partial charge in [0.05, 0.1) is 11.1 Å². The van der Waals surface area contributed by atoms with E-state index < -0.39 is 11.7 Å². The van der Waals surface area contributed by atoms with Gasteiger partial charge in [-0.25, -0.2) is 4.79 Å². The molecule has 0 aliphatic carbocycles. The van der Waals surface area contributed by atoms with Gasteiger partial charge in [-0.05, 0) is 85.9 Å². The Labute approximate surface area is 233 Å². The Kier molecular flexibility index (Phi) is 8.17. The maximum Gasteiger partial charge on any atom is 0.371 e. The Hall–Kier alpha value is -4.03. The van der Waals surface area contributed by atoms with Gasteiger partial charge in [-0.15, -0.1) is 0 Å². The molecule has 0 saturated carbocycles. The summed E-state index contributed by atoms with van der Waals surface area (Å²) in [6.07, 6.45) is 0. The molecule has 1 heterocycles. The van der Waals surface area contributed by atoms with E-state index in [1.165, 1.54) is 5.56 Å². The van der Waals surface area contributed by atoms with Gasteiger partial charge < -0.3 is 19.7 Å². The van der Waals surface area contributed by atoms with Crippen molar-refractivity contribution in [1.82, 2.24) is 9.88 Å². The number of ether oxygens (including phenoxy) is 1. The van der Waals surface area contributed by atoms with E-state index in [0.717, 1.165) is 33.3 Å². The van der Waals surface area contributed by atoms with Crippen LogP contribution in [0.5, 0.6) is 5.75 Å². The number of carboxylic acids is 1. The first-order valence-electron chi connectivity index (χ1n) is 12.8. The number of carboxylic acid groups (broad SMARTS) is 1. The summed E-state index contributed by atoms with van der Waals surface area (Å²) in [5.41, 5.74) is 6.94. The van der Waals surface area contributed by atoms with Crippen molar-refractivity contribution in [3.63, 3.8) is 0 Å². The fourth-order valence-corrected chi connectivity index (χ4v) is 4.78. The summed E-state index contributed by atoms with van der Waals surface area (Å²) < 4.78 is 7.51. The molecule has 6 nitrogen and oxygen atoms in total. The van der Waals surface area contributed by atoms with Gasteiger partial charge in [0.2, 0.25) is 5.76 Å². The molecule has 0 fully saturated rings. The zero-order valence-corrected chi connectivity index (χ0v) is 23.6. The van der Waals surface area contributed by atoms with Crippen LogP contribution in [-0.4, -0.2) is 21.6 Å². The molecule has 0 spiro atoms. The third-order valence-electron chi connectivity index (χ3n) is 7.13. The number of aliphatic carboxylic acids is 1. The van der Waals surface area contributed by atoms with Gasteiger partial charge in [-0.1, -0.05) is 55.8 Å². The van der Waals surface area contributed by atoms with Crippen molar-refractivity contribution in [3.8, 4) is 5.75 Å². The number of benzene rings is 3. The van der Waals surface area contributed by atoms with E-state index in [1.807, 2.05) is 57.2 Å². The highest BCUT2D eigenvalue weighted by Crippen LogP contribution is 2.31. The molecule has 0 aliphatic rings. The number of rotatable bonds is 9. The molecule has 3 aromatic carbocycles. The Balaban J connectivity index is 1.58. The van der Waals surface area contributed by atoms with E-state index in [4.69, 9.17) is 21.4 Å². The highest BCUT2D eigenvalue weighted by molar-refractivity contribution is 6.32. The number of carbonyl (C=O) groups is 2. The number of hydrogen-bond acceptors (Lipinski definition) is 3. The molecular formula is C32H33ClN2O4. The molecule has 4 rings (SSSR count). The molecule has 1 aromatic heterocycles. The van der Waals surface area contributed by atoms with Crippen LogP contribution in [0.3, 0.4) is 0 Å². The van der Waals surface area contributed by atoms with Crippen molar-refractivity contribution in [3.05, 3.63) is 112 Å². The lowest BCUT2D eigenvalue weighted by molar-refractivity contribution is -0.135. The van der Waals surface area contributed by atoms with Gasteiger partial charge in [0.15, 0.2) is 0 Å². The quantitative estimate of drug-likeness (QED) is 0.168. The summed E-state index contributed by atoms with van der Waals surface area (Å²) in [6.45, 7) is 14.3. The molecule has 4 aromatic rings. The SMILES string of the molecule is C=C(Oc1cc(Cn2c(C)c(C)c3cc(C(=O)N[C@@H](C)c4cccc(C(C)C)c4)ccc32)ccc1Cl)C(=O)O. The van der Waals surface area contributed by atoms with Crippen LogP contribution in [0.15, 0.2) is 73.0 Å². The normalized spacial score (nSPS) is 12.0. The summed E-state index contributed by atoms with van der Waals surface area (Å²) in [5.74, 6) is -1.12. The lowest BCUT2D eigenvalue weighted by Gasteiger charge is -2.16. The predicted octanol–water partition coefficient (Wildman–Crippen LogP) is 7.55. The molecule has 0 saturated heterocycles. The fourth-order valence-electron chi connectivity index (χ4n) is 4.63. The molecular weight excluding hydrogens is 512 g/mol. The Morgan fingerprint density at radius 1 is 1.03 bits per heavy atom. The Morgan fingerprint density at radius 3 is 2.44 bits per heavy atom. The molecule has 1 amide bonds. The predicted molar refractivity (Wildman–Crippen MR) is 156 cm³/mol. The first kappa shape index (κ1) is 28.0. The van der Waals surface area contributed by atoms with Crippen molar-refractivity contribution < 1.29 is 19.4 Å². The minimum absolute atomic E-state index is 0.123. The van der Waals surface area contributed by atoms with E-state index in [-0.39, 0.29) is 17.7 Å². The lowest BCUT2D eigenvalue weighted by Crippen LogP contribution is -2.26. The van der Waals surface area contributed by atoms with Crippen molar-refractivity contribution >= 4 is 34.4 Å². The van der Waals surface area contributed by atoms with Gasteiger partial charge in [-0.2, -0.15) is 0 Å². The number of carbonyl (C=O) groups excluding carboxylic acids is 1. The van der Waals surface area contributed by atoms with E-state index in [9.17, 15) is 9.59 Å². The van der Waals surface area contributed by atoms with Gasteiger partial charge in [0, 0.05) is 28.7 Å². The molecule has 0 unspecified atom stereocenters. The van der Waals surface area contributed by atoms with Gasteiger partial charge in [0.25, 0.3) is 5.91 Å². The molecule has 0 radical (unpaired) electrons. The second kappa shape index (κ2) is 11.4. The number of amides is 1. The van der Waals surface area contributed by atoms with Crippen LogP contribution in [0.2, 0.25) is 5.02 Å². The third kappa shape index (κ3) is 6.02. The summed E-state index contributed by atoms with van der Waals surface area (Å²) in [5, 5.41) is 13.5. The summed E-state index contributed by atoms with van der Waals surface area (Å²) in [4.78, 5) is 24.3. The fraction of sp³-hybridized carbons (Fsp3) is 0.250. The van der Waals surface area contributed by atoms with Crippen LogP contribution in [0.1, 0.15) is 71.0 Å². The topological polar surface area (TPSA) is 80.6 Å². The molecule has 0 aliphatic heterocycles. The summed E-state index contributed by atoms with van der Waals surface area (Å²) in [6, 6.07) is 19.2. The van der Waals surface area contributed by atoms with Crippen LogP contribution in [-0.2, 0) is 11.3 Å². The third-order valence-corrected chi connectivity index (χ3v) is 7.45. The zero-order chi connectivity index (χ0) is 28.4. The first-order chi connectivity index (χ1) is 18.5. The Bertz CT molecular complexity index is 1580. The zero-order valence-electron chi connectivity index (χ0n) is 22.8. The van der Waals surface area contributed by atoms with Gasteiger partial charge >= 0.3 is 5.97 Å². The number of aryl methyl sites for hydroxylation is 1. The van der Waals surface area contributed by atoms with E-state index in [1.54, 1.807) is 12.1 Å². The average Bonchev–Trinajstić information content (AvgIpc) is 3.14. The summed E-state index contributed by atoms with van der Waals surface area (Å²) >= 11 is 6.22. The lowest BCUT2D eigenvalue weighted by atomic mass is 9.98. The molecule has 0 bridgehead atoms. The van der Waals surface area contributed by atoms with Crippen LogP contribution < -0.4 is 10.1 Å². The Morgan fingerprint density at radius 2 is 1.74 bits per heavy atom. The number of fused-ring (bicyclic) bond motifs is 1. The second-order valence-electron chi connectivity index (χ2n) is 10.1. The number of nitrogens with zero attached hydrogens (tertiary/aromatic N) is 1. The number of aromatic nitrogens is 1. The van der Waals surface area contributed by atoms with E-state index in [0.29, 0.717) is 23.0 Å². The molecule has 7 heteroatoms. The van der Waals surface area contributed by atoms with Gasteiger partial charge in [0.1, 0.15) is 5.75 Å². The van der Waals surface area contributed by atoms with E-state index in [2.05, 4.69) is 42.4 Å². The van der Waals surface area contributed by atoms with Gasteiger partial charge in [-0.3, -0.25) is 4.79 Å². The second-order valence-corrected chi connectivity index (χ2v) is 10.6. The number of halogens is 1. The number of nitrogens with one attached hydrogen (secondary N) is 1. The van der Waals surface area contributed by atoms with Crippen LogP contribution in [0.25, 0.3) is 10.9 Å². The standard InChI is InChI=1S/C32H33ClN2O4/c1-18(2)24-8-7-9-25(15-24)20(4)34-31(36)26-11-13-29-27(16-26)19(3)21(5)35(29)17-23-10-12-28(33)30(14-23)39-22(6)32(37)38/h7-16,18,20H,6,17H2,1-5H3,(H,34,36)(H,37,38)/t20-/m0/s1. The molecule has 202 valence electrons. The van der Waals surface area contributed by atoms with Crippen molar-refractivity contribution in [2.24, 2.45) is 0 Å². The average molecular weight is 545 g/mol. The van der Waals surface area contributed by atoms with Crippen LogP contribution >= 0.6 is 11.6 Å². The maximum absolute atomic E-state index is 13.2.